The number of hydrogen-bond donors (Lipinski definition) is 0. The quantitative estimate of drug-likeness (QED) is 0.502. The van der Waals surface area contributed by atoms with Gasteiger partial charge >= 0.3 is 0 Å². The van der Waals surface area contributed by atoms with Crippen LogP contribution in [0.25, 0.3) is 0 Å². The van der Waals surface area contributed by atoms with Crippen LogP contribution in [0, 0.1) is 5.41 Å². The van der Waals surface area contributed by atoms with Crippen LogP contribution in [0.1, 0.15) is 48.0 Å². The maximum atomic E-state index is 4.44. The number of hydrogen-bond acceptors (Lipinski definition) is 1. The van der Waals surface area contributed by atoms with E-state index in [9.17, 15) is 0 Å². The van der Waals surface area contributed by atoms with Crippen molar-refractivity contribution in [3.05, 3.63) is 0 Å². The van der Waals surface area contributed by atoms with Crippen molar-refractivity contribution in [3.8, 4) is 0 Å². The van der Waals surface area contributed by atoms with Crippen molar-refractivity contribution in [2.24, 2.45) is 10.4 Å². The zero-order valence-corrected chi connectivity index (χ0v) is 10.9. The van der Waals surface area contributed by atoms with Crippen molar-refractivity contribution in [3.63, 3.8) is 0 Å². The summed E-state index contributed by atoms with van der Waals surface area (Å²) >= 11 is 0. The topological polar surface area (TPSA) is 15.6 Å². The van der Waals surface area contributed by atoms with Crippen molar-refractivity contribution in [2.75, 3.05) is 13.6 Å². The molecule has 0 rings (SSSR count). The van der Waals surface area contributed by atoms with Crippen molar-refractivity contribution < 1.29 is 0 Å². The van der Waals surface area contributed by atoms with Crippen molar-refractivity contribution >= 4 is 5.84 Å². The molecule has 2 heteroatoms. The average Bonchev–Trinajstić information content (AvgIpc) is 2.10. The fraction of sp³-hybridized carbons (Fsp3) is 0.917. The number of rotatable bonds is 3. The van der Waals surface area contributed by atoms with E-state index in [2.05, 4.69) is 51.4 Å². The highest BCUT2D eigenvalue weighted by atomic mass is 15.2. The highest BCUT2D eigenvalue weighted by molar-refractivity contribution is 5.87. The molecule has 0 bridgehead atoms. The summed E-state index contributed by atoms with van der Waals surface area (Å²) in [5, 5.41) is 0. The molecule has 0 radical (unpaired) electrons. The molecule has 14 heavy (non-hydrogen) atoms. The largest absolute Gasteiger partial charge is 0.358 e. The fourth-order valence-corrected chi connectivity index (χ4v) is 1.79. The zero-order valence-electron chi connectivity index (χ0n) is 10.9. The summed E-state index contributed by atoms with van der Waals surface area (Å²) in [6.45, 7) is 14.4. The summed E-state index contributed by atoms with van der Waals surface area (Å²) in [4.78, 5) is 6.84. The summed E-state index contributed by atoms with van der Waals surface area (Å²) < 4.78 is 0. The molecule has 2 nitrogen and oxygen atoms in total. The molecule has 0 heterocycles. The predicted octanol–water partition coefficient (Wildman–Crippen LogP) is 3.18. The Morgan fingerprint density at radius 1 is 1.29 bits per heavy atom. The van der Waals surface area contributed by atoms with E-state index in [0.717, 1.165) is 6.54 Å². The van der Waals surface area contributed by atoms with Crippen LogP contribution in [0.5, 0.6) is 0 Å². The zero-order chi connectivity index (χ0) is 11.4. The molecule has 1 unspecified atom stereocenters. The van der Waals surface area contributed by atoms with Gasteiger partial charge in [-0.15, -0.1) is 0 Å². The smallest absolute Gasteiger partial charge is 0.104 e. The lowest BCUT2D eigenvalue weighted by Crippen LogP contribution is -2.44. The molecule has 0 aliphatic carbocycles. The van der Waals surface area contributed by atoms with E-state index in [1.54, 1.807) is 0 Å². The maximum absolute atomic E-state index is 4.44. The highest BCUT2D eigenvalue weighted by Gasteiger charge is 2.25. The van der Waals surface area contributed by atoms with E-state index >= 15 is 0 Å². The number of amidine groups is 1. The van der Waals surface area contributed by atoms with Gasteiger partial charge in [-0.1, -0.05) is 27.7 Å². The average molecular weight is 198 g/mol. The third kappa shape index (κ3) is 3.32. The summed E-state index contributed by atoms with van der Waals surface area (Å²) in [5.74, 6) is 1.22. The summed E-state index contributed by atoms with van der Waals surface area (Å²) in [5.41, 5.74) is 0.147. The number of aliphatic imine (C=N–C) groups is 1. The third-order valence-corrected chi connectivity index (χ3v) is 2.62. The standard InChI is InChI=1S/C12H26N2/c1-8-10(3)14(9-2)11(13-7)12(4,5)6/h10H,8-9H2,1-7H3. The molecular weight excluding hydrogens is 172 g/mol. The van der Waals surface area contributed by atoms with Crippen LogP contribution in [-0.2, 0) is 0 Å². The van der Waals surface area contributed by atoms with Gasteiger partial charge in [-0.3, -0.25) is 4.99 Å². The molecule has 1 atom stereocenters. The van der Waals surface area contributed by atoms with Gasteiger partial charge in [0.05, 0.1) is 0 Å². The van der Waals surface area contributed by atoms with Crippen LogP contribution in [-0.4, -0.2) is 30.4 Å². The Balaban J connectivity index is 4.82. The van der Waals surface area contributed by atoms with Crippen LogP contribution in [0.3, 0.4) is 0 Å². The molecule has 0 amide bonds. The van der Waals surface area contributed by atoms with E-state index in [-0.39, 0.29) is 5.41 Å². The fourth-order valence-electron chi connectivity index (χ4n) is 1.79. The Hall–Kier alpha value is -0.530. The van der Waals surface area contributed by atoms with Crippen molar-refractivity contribution in [1.29, 1.82) is 0 Å². The molecule has 0 fully saturated rings. The van der Waals surface area contributed by atoms with Crippen LogP contribution >= 0.6 is 0 Å². The van der Waals surface area contributed by atoms with Gasteiger partial charge in [-0.25, -0.2) is 0 Å². The minimum Gasteiger partial charge on any atom is -0.358 e. The van der Waals surface area contributed by atoms with Gasteiger partial charge in [-0.05, 0) is 20.3 Å². The normalized spacial score (nSPS) is 15.5. The second-order valence-electron chi connectivity index (χ2n) is 4.84. The van der Waals surface area contributed by atoms with Gasteiger partial charge in [-0.2, -0.15) is 0 Å². The first-order chi connectivity index (χ1) is 6.38. The summed E-state index contributed by atoms with van der Waals surface area (Å²) in [6, 6.07) is 0.581. The van der Waals surface area contributed by atoms with Crippen LogP contribution in [0.2, 0.25) is 0 Å². The van der Waals surface area contributed by atoms with Gasteiger partial charge in [0.25, 0.3) is 0 Å². The lowest BCUT2D eigenvalue weighted by molar-refractivity contribution is 0.304. The first-order valence-electron chi connectivity index (χ1n) is 5.62. The van der Waals surface area contributed by atoms with E-state index in [4.69, 9.17) is 0 Å². The van der Waals surface area contributed by atoms with E-state index < -0.39 is 0 Å². The Bertz CT molecular complexity index is 189. The lowest BCUT2D eigenvalue weighted by Gasteiger charge is -2.36. The molecule has 0 saturated carbocycles. The van der Waals surface area contributed by atoms with Gasteiger partial charge in [0.2, 0.25) is 0 Å². The molecule has 0 aromatic carbocycles. The minimum absolute atomic E-state index is 0.147. The minimum atomic E-state index is 0.147. The summed E-state index contributed by atoms with van der Waals surface area (Å²) in [6.07, 6.45) is 1.17. The van der Waals surface area contributed by atoms with Crippen LogP contribution < -0.4 is 0 Å². The SMILES string of the molecule is CCC(C)N(CC)C(=NC)C(C)(C)C. The Morgan fingerprint density at radius 3 is 2.00 bits per heavy atom. The Kier molecular flexibility index (Phi) is 5.17. The van der Waals surface area contributed by atoms with E-state index in [1.165, 1.54) is 12.3 Å². The lowest BCUT2D eigenvalue weighted by atomic mass is 9.93. The molecule has 0 aliphatic rings. The molecule has 0 aromatic rings. The molecule has 0 aliphatic heterocycles. The van der Waals surface area contributed by atoms with Gasteiger partial charge in [0.1, 0.15) is 5.84 Å². The molecule has 0 aromatic heterocycles. The van der Waals surface area contributed by atoms with E-state index in [1.807, 2.05) is 7.05 Å². The monoisotopic (exact) mass is 198 g/mol. The summed E-state index contributed by atoms with van der Waals surface area (Å²) in [7, 11) is 1.89. The van der Waals surface area contributed by atoms with Crippen molar-refractivity contribution in [1.82, 2.24) is 4.90 Å². The Labute approximate surface area is 89.4 Å². The van der Waals surface area contributed by atoms with Gasteiger partial charge in [0.15, 0.2) is 0 Å². The third-order valence-electron chi connectivity index (χ3n) is 2.62. The molecular formula is C12H26N2. The maximum Gasteiger partial charge on any atom is 0.104 e. The molecule has 84 valence electrons. The first-order valence-corrected chi connectivity index (χ1v) is 5.62. The Morgan fingerprint density at radius 2 is 1.79 bits per heavy atom. The van der Waals surface area contributed by atoms with Crippen molar-refractivity contribution in [2.45, 2.75) is 54.0 Å². The van der Waals surface area contributed by atoms with Gasteiger partial charge < -0.3 is 4.90 Å². The highest BCUT2D eigenvalue weighted by Crippen LogP contribution is 2.21. The molecule has 0 saturated heterocycles. The van der Waals surface area contributed by atoms with E-state index in [0.29, 0.717) is 6.04 Å². The molecule has 0 spiro atoms. The van der Waals surface area contributed by atoms with Crippen LogP contribution in [0.4, 0.5) is 0 Å². The second-order valence-corrected chi connectivity index (χ2v) is 4.84. The van der Waals surface area contributed by atoms with Crippen LogP contribution in [0.15, 0.2) is 4.99 Å². The first kappa shape index (κ1) is 13.5. The molecule has 0 N–H and O–H groups in total. The predicted molar refractivity (Wildman–Crippen MR) is 64.9 cm³/mol. The number of nitrogens with zero attached hydrogens (tertiary/aromatic N) is 2. The second kappa shape index (κ2) is 5.38. The van der Waals surface area contributed by atoms with Gasteiger partial charge in [0, 0.05) is 25.0 Å².